The second-order valence-electron chi connectivity index (χ2n) is 6.45. The maximum absolute atomic E-state index is 11.6. The highest BCUT2D eigenvalue weighted by molar-refractivity contribution is 5.72. The van der Waals surface area contributed by atoms with Gasteiger partial charge in [-0.3, -0.25) is 9.69 Å². The molecule has 3 heteroatoms. The third kappa shape index (κ3) is 8.72. The van der Waals surface area contributed by atoms with E-state index in [-0.39, 0.29) is 11.4 Å². The van der Waals surface area contributed by atoms with Gasteiger partial charge >= 0.3 is 5.97 Å². The zero-order valence-electron chi connectivity index (χ0n) is 11.9. The number of carbonyl (C=O) groups excluding carboxylic acids is 1. The van der Waals surface area contributed by atoms with Crippen LogP contribution in [0, 0.1) is 5.41 Å². The lowest BCUT2D eigenvalue weighted by molar-refractivity contribution is -0.156. The van der Waals surface area contributed by atoms with E-state index in [4.69, 9.17) is 4.74 Å². The van der Waals surface area contributed by atoms with Gasteiger partial charge in [0.05, 0.1) is 6.54 Å². The van der Waals surface area contributed by atoms with Crippen LogP contribution in [-0.4, -0.2) is 36.1 Å². The number of rotatable bonds is 4. The van der Waals surface area contributed by atoms with E-state index in [1.807, 2.05) is 20.8 Å². The van der Waals surface area contributed by atoms with Crippen LogP contribution in [0.1, 0.15) is 48.5 Å². The second-order valence-corrected chi connectivity index (χ2v) is 6.45. The van der Waals surface area contributed by atoms with E-state index < -0.39 is 5.60 Å². The molecule has 0 atom stereocenters. The van der Waals surface area contributed by atoms with Crippen molar-refractivity contribution in [2.75, 3.05) is 19.6 Å². The molecule has 0 N–H and O–H groups in total. The first-order valence-electron chi connectivity index (χ1n) is 5.98. The Morgan fingerprint density at radius 1 is 1.12 bits per heavy atom. The predicted molar refractivity (Wildman–Crippen MR) is 67.4 cm³/mol. The van der Waals surface area contributed by atoms with E-state index in [9.17, 15) is 4.79 Å². The molecule has 0 bridgehead atoms. The summed E-state index contributed by atoms with van der Waals surface area (Å²) >= 11 is 0. The first-order valence-corrected chi connectivity index (χ1v) is 5.98. The summed E-state index contributed by atoms with van der Waals surface area (Å²) in [5.74, 6) is -0.140. The molecule has 0 aromatic heterocycles. The molecule has 16 heavy (non-hydrogen) atoms. The van der Waals surface area contributed by atoms with Crippen molar-refractivity contribution >= 4 is 5.97 Å². The molecule has 0 amide bonds. The molecule has 0 fully saturated rings. The summed E-state index contributed by atoms with van der Waals surface area (Å²) in [6.07, 6.45) is 0. The highest BCUT2D eigenvalue weighted by atomic mass is 16.6. The van der Waals surface area contributed by atoms with E-state index >= 15 is 0 Å². The molecule has 0 aliphatic heterocycles. The van der Waals surface area contributed by atoms with Crippen molar-refractivity contribution in [3.63, 3.8) is 0 Å². The molecule has 0 rings (SSSR count). The summed E-state index contributed by atoms with van der Waals surface area (Å²) in [4.78, 5) is 13.8. The molecule has 3 nitrogen and oxygen atoms in total. The van der Waals surface area contributed by atoms with Crippen molar-refractivity contribution in [2.24, 2.45) is 5.41 Å². The normalized spacial score (nSPS) is 13.0. The lowest BCUT2D eigenvalue weighted by Gasteiger charge is -2.29. The molecule has 0 spiro atoms. The van der Waals surface area contributed by atoms with Crippen LogP contribution < -0.4 is 0 Å². The number of esters is 1. The van der Waals surface area contributed by atoms with E-state index in [2.05, 4.69) is 32.6 Å². The van der Waals surface area contributed by atoms with E-state index in [1.54, 1.807) is 0 Å². The first-order chi connectivity index (χ1) is 7.03. The van der Waals surface area contributed by atoms with Crippen molar-refractivity contribution in [3.05, 3.63) is 0 Å². The monoisotopic (exact) mass is 229 g/mol. The third-order valence-electron chi connectivity index (χ3n) is 1.92. The Morgan fingerprint density at radius 2 is 1.62 bits per heavy atom. The van der Waals surface area contributed by atoms with E-state index in [1.165, 1.54) is 0 Å². The maximum atomic E-state index is 11.6. The first kappa shape index (κ1) is 15.4. The number of hydrogen-bond donors (Lipinski definition) is 0. The minimum absolute atomic E-state index is 0.140. The zero-order valence-corrected chi connectivity index (χ0v) is 11.9. The van der Waals surface area contributed by atoms with Crippen molar-refractivity contribution in [1.82, 2.24) is 4.90 Å². The Morgan fingerprint density at radius 3 is 1.94 bits per heavy atom. The summed E-state index contributed by atoms with van der Waals surface area (Å²) in [6, 6.07) is 0. The number of nitrogens with zero attached hydrogens (tertiary/aromatic N) is 1. The smallest absolute Gasteiger partial charge is 0.320 e. The second kappa shape index (κ2) is 5.67. The quantitative estimate of drug-likeness (QED) is 0.694. The molecule has 0 saturated carbocycles. The van der Waals surface area contributed by atoms with Crippen LogP contribution in [0.4, 0.5) is 0 Å². The van der Waals surface area contributed by atoms with Gasteiger partial charge in [0, 0.05) is 6.54 Å². The van der Waals surface area contributed by atoms with Gasteiger partial charge in [-0.15, -0.1) is 0 Å². The van der Waals surface area contributed by atoms with Crippen molar-refractivity contribution in [3.8, 4) is 0 Å². The van der Waals surface area contributed by atoms with Gasteiger partial charge in [0.15, 0.2) is 0 Å². The molecule has 0 unspecified atom stereocenters. The van der Waals surface area contributed by atoms with Gasteiger partial charge in [-0.1, -0.05) is 27.7 Å². The minimum atomic E-state index is -0.391. The third-order valence-corrected chi connectivity index (χ3v) is 1.92. The standard InChI is InChI=1S/C13H27NO2/c1-8-14(10-12(2,3)4)9-11(15)16-13(5,6)7/h8-10H2,1-7H3. The largest absolute Gasteiger partial charge is 0.459 e. The summed E-state index contributed by atoms with van der Waals surface area (Å²) < 4.78 is 5.30. The fourth-order valence-corrected chi connectivity index (χ4v) is 1.51. The Balaban J connectivity index is 4.18. The lowest BCUT2D eigenvalue weighted by Crippen LogP contribution is -2.39. The van der Waals surface area contributed by atoms with Crippen LogP contribution >= 0.6 is 0 Å². The number of carbonyl (C=O) groups is 1. The molecule has 0 aromatic rings. The molecular formula is C13H27NO2. The molecule has 0 aliphatic rings. The summed E-state index contributed by atoms with van der Waals surface area (Å²) in [7, 11) is 0. The summed E-state index contributed by atoms with van der Waals surface area (Å²) in [5, 5.41) is 0. The predicted octanol–water partition coefficient (Wildman–Crippen LogP) is 2.70. The molecule has 0 saturated heterocycles. The number of ether oxygens (including phenoxy) is 1. The fourth-order valence-electron chi connectivity index (χ4n) is 1.51. The van der Waals surface area contributed by atoms with E-state index in [0.717, 1.165) is 13.1 Å². The van der Waals surface area contributed by atoms with Crippen LogP contribution in [0.25, 0.3) is 0 Å². The summed E-state index contributed by atoms with van der Waals surface area (Å²) in [5.41, 5.74) is -0.184. The molecule has 96 valence electrons. The minimum Gasteiger partial charge on any atom is -0.459 e. The van der Waals surface area contributed by atoms with Gasteiger partial charge in [-0.05, 0) is 32.7 Å². The molecule has 0 radical (unpaired) electrons. The average Bonchev–Trinajstić information content (AvgIpc) is 1.96. The van der Waals surface area contributed by atoms with Crippen LogP contribution in [0.2, 0.25) is 0 Å². The lowest BCUT2D eigenvalue weighted by atomic mass is 9.96. The maximum Gasteiger partial charge on any atom is 0.320 e. The average molecular weight is 229 g/mol. The zero-order chi connectivity index (χ0) is 13.0. The molecule has 0 aliphatic carbocycles. The van der Waals surface area contributed by atoms with Gasteiger partial charge in [-0.2, -0.15) is 0 Å². The molecule has 0 aromatic carbocycles. The van der Waals surface area contributed by atoms with Gasteiger partial charge in [0.25, 0.3) is 0 Å². The van der Waals surface area contributed by atoms with Crippen LogP contribution in [0.15, 0.2) is 0 Å². The van der Waals surface area contributed by atoms with Gasteiger partial charge < -0.3 is 4.74 Å². The van der Waals surface area contributed by atoms with Crippen LogP contribution in [0.5, 0.6) is 0 Å². The van der Waals surface area contributed by atoms with E-state index in [0.29, 0.717) is 6.54 Å². The van der Waals surface area contributed by atoms with Crippen molar-refractivity contribution in [1.29, 1.82) is 0 Å². The topological polar surface area (TPSA) is 29.5 Å². The Hall–Kier alpha value is -0.570. The van der Waals surface area contributed by atoms with Crippen molar-refractivity contribution in [2.45, 2.75) is 54.1 Å². The van der Waals surface area contributed by atoms with Gasteiger partial charge in [0.1, 0.15) is 5.60 Å². The Labute approximate surface area is 100 Å². The number of hydrogen-bond acceptors (Lipinski definition) is 3. The SMILES string of the molecule is CCN(CC(=O)OC(C)(C)C)CC(C)(C)C. The Kier molecular flexibility index (Phi) is 5.47. The van der Waals surface area contributed by atoms with Crippen LogP contribution in [0.3, 0.4) is 0 Å². The highest BCUT2D eigenvalue weighted by Crippen LogP contribution is 2.15. The van der Waals surface area contributed by atoms with Crippen molar-refractivity contribution < 1.29 is 9.53 Å². The number of likely N-dealkylation sites (N-methyl/N-ethyl adjacent to an activating group) is 1. The highest BCUT2D eigenvalue weighted by Gasteiger charge is 2.21. The van der Waals surface area contributed by atoms with Gasteiger partial charge in [-0.25, -0.2) is 0 Å². The van der Waals surface area contributed by atoms with Gasteiger partial charge in [0.2, 0.25) is 0 Å². The summed E-state index contributed by atoms with van der Waals surface area (Å²) in [6.45, 7) is 16.4. The fraction of sp³-hybridized carbons (Fsp3) is 0.923. The van der Waals surface area contributed by atoms with Crippen LogP contribution in [-0.2, 0) is 9.53 Å². The molecule has 0 heterocycles. The molecular weight excluding hydrogens is 202 g/mol. The Bertz CT molecular complexity index is 223.